The third kappa shape index (κ3) is 3.12. The molecule has 1 saturated heterocycles. The number of amidine groups is 1. The summed E-state index contributed by atoms with van der Waals surface area (Å²) in [5, 5.41) is 1.20. The normalized spacial score (nSPS) is 30.3. The van der Waals surface area contributed by atoms with Crippen LogP contribution in [-0.2, 0) is 10.8 Å². The molecule has 136 valence electrons. The Labute approximate surface area is 156 Å². The second kappa shape index (κ2) is 6.02. The first-order chi connectivity index (χ1) is 11.8. The first-order valence-corrected chi connectivity index (χ1v) is 10.6. The Kier molecular flexibility index (Phi) is 4.19. The molecule has 4 heteroatoms. The molecular formula is C21H31N3S. The van der Waals surface area contributed by atoms with Gasteiger partial charge in [-0.1, -0.05) is 57.7 Å². The van der Waals surface area contributed by atoms with Gasteiger partial charge >= 0.3 is 0 Å². The Morgan fingerprint density at radius 1 is 1.12 bits per heavy atom. The third-order valence-corrected chi connectivity index (χ3v) is 7.50. The number of thioether (sulfide) groups is 1. The molecule has 2 N–H and O–H groups in total. The van der Waals surface area contributed by atoms with Crippen LogP contribution in [0.3, 0.4) is 0 Å². The van der Waals surface area contributed by atoms with E-state index in [1.807, 2.05) is 11.8 Å². The maximum atomic E-state index is 6.06. The quantitative estimate of drug-likeness (QED) is 0.818. The molecule has 1 aromatic rings. The van der Waals surface area contributed by atoms with E-state index in [0.29, 0.717) is 12.1 Å². The van der Waals surface area contributed by atoms with Gasteiger partial charge < -0.3 is 10.6 Å². The van der Waals surface area contributed by atoms with Crippen molar-refractivity contribution in [3.05, 3.63) is 34.9 Å². The number of hydrogen-bond donors (Lipinski definition) is 1. The largest absolute Gasteiger partial charge is 0.350 e. The van der Waals surface area contributed by atoms with Gasteiger partial charge in [-0.2, -0.15) is 0 Å². The van der Waals surface area contributed by atoms with Crippen LogP contribution < -0.4 is 5.73 Å². The Morgan fingerprint density at radius 3 is 2.52 bits per heavy atom. The Hall–Kier alpha value is -1.00. The molecule has 0 saturated carbocycles. The molecular weight excluding hydrogens is 326 g/mol. The number of hydrogen-bond acceptors (Lipinski definition) is 4. The maximum Gasteiger partial charge on any atom is 0.159 e. The van der Waals surface area contributed by atoms with E-state index in [2.05, 4.69) is 50.8 Å². The highest BCUT2D eigenvalue weighted by Crippen LogP contribution is 2.47. The molecule has 25 heavy (non-hydrogen) atoms. The SMILES string of the molecule is CC1(C)CCC(C)(C)c2cc(C3CSC(N4CCC(N)C4)=N3)ccc21. The summed E-state index contributed by atoms with van der Waals surface area (Å²) >= 11 is 1.90. The molecule has 2 atom stereocenters. The van der Waals surface area contributed by atoms with Crippen LogP contribution in [-0.4, -0.2) is 35.0 Å². The molecule has 0 bridgehead atoms. The van der Waals surface area contributed by atoms with Crippen molar-refractivity contribution < 1.29 is 0 Å². The van der Waals surface area contributed by atoms with Crippen molar-refractivity contribution >= 4 is 16.9 Å². The van der Waals surface area contributed by atoms with Crippen LogP contribution in [0.4, 0.5) is 0 Å². The van der Waals surface area contributed by atoms with Crippen molar-refractivity contribution in [2.24, 2.45) is 10.7 Å². The zero-order valence-corrected chi connectivity index (χ0v) is 16.8. The molecule has 3 aliphatic rings. The van der Waals surface area contributed by atoms with E-state index in [0.717, 1.165) is 25.3 Å². The molecule has 0 aromatic heterocycles. The van der Waals surface area contributed by atoms with Crippen molar-refractivity contribution in [3.63, 3.8) is 0 Å². The molecule has 4 rings (SSSR count). The fourth-order valence-electron chi connectivity index (χ4n) is 4.48. The van der Waals surface area contributed by atoms with Crippen LogP contribution >= 0.6 is 11.8 Å². The van der Waals surface area contributed by atoms with E-state index >= 15 is 0 Å². The molecule has 1 fully saturated rings. The van der Waals surface area contributed by atoms with Gasteiger partial charge in [-0.3, -0.25) is 4.99 Å². The zero-order chi connectivity index (χ0) is 17.8. The highest BCUT2D eigenvalue weighted by Gasteiger charge is 2.37. The molecule has 1 aliphatic carbocycles. The average molecular weight is 358 g/mol. The van der Waals surface area contributed by atoms with Crippen molar-refractivity contribution in [2.45, 2.75) is 69.9 Å². The summed E-state index contributed by atoms with van der Waals surface area (Å²) in [5.41, 5.74) is 11.1. The van der Waals surface area contributed by atoms with Gasteiger partial charge in [0.05, 0.1) is 6.04 Å². The van der Waals surface area contributed by atoms with E-state index in [4.69, 9.17) is 10.7 Å². The van der Waals surface area contributed by atoms with Crippen molar-refractivity contribution in [1.82, 2.24) is 4.90 Å². The van der Waals surface area contributed by atoms with Gasteiger partial charge in [0.2, 0.25) is 0 Å². The third-order valence-electron chi connectivity index (χ3n) is 6.39. The van der Waals surface area contributed by atoms with E-state index in [1.165, 1.54) is 34.7 Å². The Morgan fingerprint density at radius 2 is 1.84 bits per heavy atom. The predicted molar refractivity (Wildman–Crippen MR) is 109 cm³/mol. The van der Waals surface area contributed by atoms with E-state index < -0.39 is 0 Å². The molecule has 2 aliphatic heterocycles. The minimum Gasteiger partial charge on any atom is -0.350 e. The fourth-order valence-corrected chi connectivity index (χ4v) is 5.60. The van der Waals surface area contributed by atoms with Crippen LogP contribution in [0.2, 0.25) is 0 Å². The van der Waals surface area contributed by atoms with E-state index in [9.17, 15) is 0 Å². The molecule has 2 unspecified atom stereocenters. The number of fused-ring (bicyclic) bond motifs is 1. The first kappa shape index (κ1) is 17.4. The number of rotatable bonds is 1. The van der Waals surface area contributed by atoms with Crippen molar-refractivity contribution in [3.8, 4) is 0 Å². The summed E-state index contributed by atoms with van der Waals surface area (Å²) in [6.07, 6.45) is 3.62. The predicted octanol–water partition coefficient (Wildman–Crippen LogP) is 4.21. The second-order valence-electron chi connectivity index (χ2n) is 9.31. The topological polar surface area (TPSA) is 41.6 Å². The summed E-state index contributed by atoms with van der Waals surface area (Å²) in [7, 11) is 0. The molecule has 0 spiro atoms. The van der Waals surface area contributed by atoms with Gasteiger partial charge in [-0.25, -0.2) is 0 Å². The molecule has 2 heterocycles. The van der Waals surface area contributed by atoms with Gasteiger partial charge in [0, 0.05) is 24.9 Å². The van der Waals surface area contributed by atoms with Gasteiger partial charge in [0.25, 0.3) is 0 Å². The van der Waals surface area contributed by atoms with Crippen LogP contribution in [0.25, 0.3) is 0 Å². The first-order valence-electron chi connectivity index (χ1n) is 9.62. The highest BCUT2D eigenvalue weighted by atomic mass is 32.2. The maximum absolute atomic E-state index is 6.06. The van der Waals surface area contributed by atoms with Gasteiger partial charge in [0.1, 0.15) is 0 Å². The number of benzene rings is 1. The Balaban J connectivity index is 1.63. The summed E-state index contributed by atoms with van der Waals surface area (Å²) in [4.78, 5) is 7.43. The highest BCUT2D eigenvalue weighted by molar-refractivity contribution is 8.14. The van der Waals surface area contributed by atoms with E-state index in [-0.39, 0.29) is 10.8 Å². The van der Waals surface area contributed by atoms with Crippen LogP contribution in [0.1, 0.15) is 69.7 Å². The summed E-state index contributed by atoms with van der Waals surface area (Å²) in [5.74, 6) is 1.06. The van der Waals surface area contributed by atoms with Gasteiger partial charge in [0.15, 0.2) is 5.17 Å². The monoisotopic (exact) mass is 357 g/mol. The number of aliphatic imine (C=N–C) groups is 1. The van der Waals surface area contributed by atoms with Crippen LogP contribution in [0, 0.1) is 0 Å². The smallest absolute Gasteiger partial charge is 0.159 e. The van der Waals surface area contributed by atoms with Gasteiger partial charge in [-0.05, 0) is 46.8 Å². The molecule has 0 amide bonds. The molecule has 3 nitrogen and oxygen atoms in total. The summed E-state index contributed by atoms with van der Waals surface area (Å²) in [6.45, 7) is 11.6. The van der Waals surface area contributed by atoms with Crippen molar-refractivity contribution in [2.75, 3.05) is 18.8 Å². The lowest BCUT2D eigenvalue weighted by atomic mass is 9.63. The van der Waals surface area contributed by atoms with Crippen LogP contribution in [0.15, 0.2) is 23.2 Å². The molecule has 0 radical (unpaired) electrons. The average Bonchev–Trinajstić information content (AvgIpc) is 3.20. The summed E-state index contributed by atoms with van der Waals surface area (Å²) < 4.78 is 0. The fraction of sp³-hybridized carbons (Fsp3) is 0.667. The lowest BCUT2D eigenvalue weighted by molar-refractivity contribution is 0.331. The minimum absolute atomic E-state index is 0.265. The summed E-state index contributed by atoms with van der Waals surface area (Å²) in [6, 6.07) is 7.78. The lowest BCUT2D eigenvalue weighted by Crippen LogP contribution is -2.34. The number of nitrogens with two attached hydrogens (primary N) is 1. The van der Waals surface area contributed by atoms with Gasteiger partial charge in [-0.15, -0.1) is 0 Å². The zero-order valence-electron chi connectivity index (χ0n) is 16.0. The standard InChI is InChI=1S/C21H31N3S/c1-20(2)8-9-21(3,4)17-11-14(5-6-16(17)20)18-13-25-19(23-18)24-10-7-15(22)12-24/h5-6,11,15,18H,7-10,12-13,22H2,1-4H3. The molecule has 1 aromatic carbocycles. The lowest BCUT2D eigenvalue weighted by Gasteiger charge is -2.42. The minimum atomic E-state index is 0.265. The number of likely N-dealkylation sites (tertiary alicyclic amines) is 1. The van der Waals surface area contributed by atoms with Crippen LogP contribution in [0.5, 0.6) is 0 Å². The van der Waals surface area contributed by atoms with Crippen molar-refractivity contribution in [1.29, 1.82) is 0 Å². The Bertz CT molecular complexity index is 707. The van der Waals surface area contributed by atoms with E-state index in [1.54, 1.807) is 0 Å². The number of nitrogens with zero attached hydrogens (tertiary/aromatic N) is 2. The second-order valence-corrected chi connectivity index (χ2v) is 10.3.